The maximum atomic E-state index is 12.1. The predicted octanol–water partition coefficient (Wildman–Crippen LogP) is 2.90. The minimum atomic E-state index is -0.387. The Morgan fingerprint density at radius 2 is 1.90 bits per heavy atom. The van der Waals surface area contributed by atoms with Gasteiger partial charge >= 0.3 is 0 Å². The van der Waals surface area contributed by atoms with Gasteiger partial charge in [0.1, 0.15) is 5.75 Å². The van der Waals surface area contributed by atoms with Crippen LogP contribution in [0.3, 0.4) is 0 Å². The second kappa shape index (κ2) is 4.67. The van der Waals surface area contributed by atoms with Gasteiger partial charge in [-0.2, -0.15) is 0 Å². The van der Waals surface area contributed by atoms with Crippen molar-refractivity contribution in [2.45, 2.75) is 18.9 Å². The van der Waals surface area contributed by atoms with Crippen LogP contribution in [0, 0.1) is 0 Å². The van der Waals surface area contributed by atoms with Crippen molar-refractivity contribution in [3.05, 3.63) is 65.2 Å². The molecule has 0 radical (unpaired) electrons. The van der Waals surface area contributed by atoms with Gasteiger partial charge in [0.25, 0.3) is 5.91 Å². The third-order valence-corrected chi connectivity index (χ3v) is 3.86. The number of nitrogens with one attached hydrogen (secondary N) is 1. The number of methoxy groups -OCH3 is 1. The molecule has 1 aliphatic heterocycles. The third-order valence-electron chi connectivity index (χ3n) is 3.86. The normalized spacial score (nSPS) is 20.4. The highest BCUT2D eigenvalue weighted by Crippen LogP contribution is 2.36. The van der Waals surface area contributed by atoms with Crippen LogP contribution in [-0.4, -0.2) is 13.0 Å². The SMILES string of the molecule is COc1ccc2c(c1)C(C)(Cc1ccccc1)NC2=O. The van der Waals surface area contributed by atoms with Crippen molar-refractivity contribution in [3.63, 3.8) is 0 Å². The average molecular weight is 267 g/mol. The van der Waals surface area contributed by atoms with Crippen LogP contribution in [0.1, 0.15) is 28.4 Å². The van der Waals surface area contributed by atoms with Gasteiger partial charge in [0.05, 0.1) is 12.6 Å². The fourth-order valence-electron chi connectivity index (χ4n) is 2.83. The summed E-state index contributed by atoms with van der Waals surface area (Å²) in [5, 5.41) is 3.10. The summed E-state index contributed by atoms with van der Waals surface area (Å²) in [6.45, 7) is 2.06. The van der Waals surface area contributed by atoms with E-state index < -0.39 is 0 Å². The molecule has 1 N–H and O–H groups in total. The van der Waals surface area contributed by atoms with Crippen LogP contribution in [0.5, 0.6) is 5.75 Å². The van der Waals surface area contributed by atoms with Crippen LogP contribution in [0.15, 0.2) is 48.5 Å². The van der Waals surface area contributed by atoms with E-state index in [1.54, 1.807) is 7.11 Å². The van der Waals surface area contributed by atoms with Crippen molar-refractivity contribution in [2.75, 3.05) is 7.11 Å². The summed E-state index contributed by atoms with van der Waals surface area (Å²) >= 11 is 0. The largest absolute Gasteiger partial charge is 0.497 e. The number of benzene rings is 2. The molecule has 3 rings (SSSR count). The fourth-order valence-corrected chi connectivity index (χ4v) is 2.83. The number of amides is 1. The second-order valence-corrected chi connectivity index (χ2v) is 5.36. The number of rotatable bonds is 3. The summed E-state index contributed by atoms with van der Waals surface area (Å²) in [7, 11) is 1.64. The second-order valence-electron chi connectivity index (χ2n) is 5.36. The minimum Gasteiger partial charge on any atom is -0.497 e. The van der Waals surface area contributed by atoms with Crippen molar-refractivity contribution < 1.29 is 9.53 Å². The average Bonchev–Trinajstić information content (AvgIpc) is 2.71. The first kappa shape index (κ1) is 12.7. The van der Waals surface area contributed by atoms with E-state index in [1.807, 2.05) is 36.4 Å². The molecular formula is C17H17NO2. The molecule has 0 aromatic heterocycles. The Balaban J connectivity index is 2.02. The van der Waals surface area contributed by atoms with Crippen LogP contribution in [0.2, 0.25) is 0 Å². The molecule has 3 nitrogen and oxygen atoms in total. The van der Waals surface area contributed by atoms with Gasteiger partial charge in [0.2, 0.25) is 0 Å². The number of carbonyl (C=O) groups excluding carboxylic acids is 1. The van der Waals surface area contributed by atoms with Gasteiger partial charge < -0.3 is 10.1 Å². The Morgan fingerprint density at radius 3 is 2.60 bits per heavy atom. The van der Waals surface area contributed by atoms with Gasteiger partial charge in [0.15, 0.2) is 0 Å². The monoisotopic (exact) mass is 267 g/mol. The third kappa shape index (κ3) is 2.05. The molecular weight excluding hydrogens is 250 g/mol. The highest BCUT2D eigenvalue weighted by molar-refractivity contribution is 6.00. The Labute approximate surface area is 118 Å². The molecule has 0 saturated heterocycles. The van der Waals surface area contributed by atoms with Gasteiger partial charge in [-0.15, -0.1) is 0 Å². The standard InChI is InChI=1S/C17H17NO2/c1-17(11-12-6-4-3-5-7-12)15-10-13(20-2)8-9-14(15)16(19)18-17/h3-10H,11H2,1-2H3,(H,18,19). The van der Waals surface area contributed by atoms with Crippen molar-refractivity contribution in [1.82, 2.24) is 5.32 Å². The lowest BCUT2D eigenvalue weighted by Crippen LogP contribution is -2.38. The van der Waals surface area contributed by atoms with E-state index in [0.29, 0.717) is 0 Å². The van der Waals surface area contributed by atoms with Crippen molar-refractivity contribution in [2.24, 2.45) is 0 Å². The lowest BCUT2D eigenvalue weighted by molar-refractivity contribution is 0.0935. The molecule has 2 aromatic carbocycles. The number of ether oxygens (including phenoxy) is 1. The van der Waals surface area contributed by atoms with Crippen molar-refractivity contribution in [3.8, 4) is 5.75 Å². The lowest BCUT2D eigenvalue weighted by Gasteiger charge is -2.26. The summed E-state index contributed by atoms with van der Waals surface area (Å²) in [4.78, 5) is 12.1. The highest BCUT2D eigenvalue weighted by Gasteiger charge is 2.39. The number of carbonyl (C=O) groups is 1. The van der Waals surface area contributed by atoms with Gasteiger partial charge in [-0.25, -0.2) is 0 Å². The summed E-state index contributed by atoms with van der Waals surface area (Å²) in [6, 6.07) is 15.8. The van der Waals surface area contributed by atoms with E-state index in [1.165, 1.54) is 5.56 Å². The van der Waals surface area contributed by atoms with E-state index in [-0.39, 0.29) is 11.4 Å². The van der Waals surface area contributed by atoms with Crippen molar-refractivity contribution >= 4 is 5.91 Å². The molecule has 3 heteroatoms. The molecule has 1 amide bonds. The van der Waals surface area contributed by atoms with Crippen LogP contribution in [0.25, 0.3) is 0 Å². The molecule has 2 aromatic rings. The van der Waals surface area contributed by atoms with Crippen LogP contribution < -0.4 is 10.1 Å². The Kier molecular flexibility index (Phi) is 2.97. The van der Waals surface area contributed by atoms with E-state index in [4.69, 9.17) is 4.74 Å². The molecule has 1 heterocycles. The first-order valence-electron chi connectivity index (χ1n) is 6.67. The number of hydrogen-bond donors (Lipinski definition) is 1. The lowest BCUT2D eigenvalue weighted by atomic mass is 9.86. The molecule has 0 aliphatic carbocycles. The predicted molar refractivity (Wildman–Crippen MR) is 78.0 cm³/mol. The maximum absolute atomic E-state index is 12.1. The van der Waals surface area contributed by atoms with Crippen LogP contribution in [-0.2, 0) is 12.0 Å². The quantitative estimate of drug-likeness (QED) is 0.928. The van der Waals surface area contributed by atoms with E-state index >= 15 is 0 Å². The smallest absolute Gasteiger partial charge is 0.252 e. The van der Waals surface area contributed by atoms with E-state index in [0.717, 1.165) is 23.3 Å². The zero-order valence-corrected chi connectivity index (χ0v) is 11.6. The topological polar surface area (TPSA) is 38.3 Å². The molecule has 20 heavy (non-hydrogen) atoms. The van der Waals surface area contributed by atoms with Crippen LogP contribution in [0.4, 0.5) is 0 Å². The first-order chi connectivity index (χ1) is 9.62. The first-order valence-corrected chi connectivity index (χ1v) is 6.67. The number of fused-ring (bicyclic) bond motifs is 1. The van der Waals surface area contributed by atoms with Gasteiger partial charge in [0, 0.05) is 5.56 Å². The molecule has 1 atom stereocenters. The molecule has 0 bridgehead atoms. The summed E-state index contributed by atoms with van der Waals surface area (Å²) in [5.74, 6) is 0.764. The molecule has 1 unspecified atom stereocenters. The van der Waals surface area contributed by atoms with Gasteiger partial charge in [-0.05, 0) is 42.7 Å². The Hall–Kier alpha value is -2.29. The molecule has 102 valence electrons. The molecule has 0 fully saturated rings. The number of hydrogen-bond acceptors (Lipinski definition) is 2. The maximum Gasteiger partial charge on any atom is 0.252 e. The highest BCUT2D eigenvalue weighted by atomic mass is 16.5. The van der Waals surface area contributed by atoms with E-state index in [2.05, 4.69) is 24.4 Å². The van der Waals surface area contributed by atoms with Crippen LogP contribution >= 0.6 is 0 Å². The Bertz CT molecular complexity index is 651. The van der Waals surface area contributed by atoms with Gasteiger partial charge in [-0.1, -0.05) is 30.3 Å². The molecule has 0 spiro atoms. The molecule has 0 saturated carbocycles. The van der Waals surface area contributed by atoms with Gasteiger partial charge in [-0.3, -0.25) is 4.79 Å². The summed E-state index contributed by atoms with van der Waals surface area (Å²) in [5.41, 5.74) is 2.56. The Morgan fingerprint density at radius 1 is 1.15 bits per heavy atom. The summed E-state index contributed by atoms with van der Waals surface area (Å²) in [6.07, 6.45) is 0.764. The fraction of sp³-hybridized carbons (Fsp3) is 0.235. The zero-order chi connectivity index (χ0) is 14.2. The minimum absolute atomic E-state index is 0.0129. The zero-order valence-electron chi connectivity index (χ0n) is 11.6. The molecule has 1 aliphatic rings. The van der Waals surface area contributed by atoms with E-state index in [9.17, 15) is 4.79 Å². The summed E-state index contributed by atoms with van der Waals surface area (Å²) < 4.78 is 5.28. The van der Waals surface area contributed by atoms with Crippen molar-refractivity contribution in [1.29, 1.82) is 0 Å².